The standard InChI is InChI=1S/C16H30N2O/c1-2-3-12-4-5-13(9-17)16(8-12)18-10-14-6-7-15(11-18)19-14/h12-16H,2-11,17H2,1H3. The Morgan fingerprint density at radius 2 is 1.84 bits per heavy atom. The number of ether oxygens (including phenoxy) is 1. The van der Waals surface area contributed by atoms with Crippen molar-refractivity contribution in [1.29, 1.82) is 0 Å². The van der Waals surface area contributed by atoms with E-state index in [1.807, 2.05) is 0 Å². The van der Waals surface area contributed by atoms with Crippen molar-refractivity contribution in [2.75, 3.05) is 19.6 Å². The molecule has 2 saturated heterocycles. The van der Waals surface area contributed by atoms with E-state index in [1.165, 1.54) is 44.9 Å². The molecule has 2 heterocycles. The minimum Gasteiger partial charge on any atom is -0.372 e. The summed E-state index contributed by atoms with van der Waals surface area (Å²) in [4.78, 5) is 2.74. The SMILES string of the molecule is CCCC1CCC(CN)C(N2CC3CCC(C2)O3)C1. The van der Waals surface area contributed by atoms with Crippen LogP contribution in [0.25, 0.3) is 0 Å². The van der Waals surface area contributed by atoms with E-state index < -0.39 is 0 Å². The van der Waals surface area contributed by atoms with Crippen molar-refractivity contribution in [1.82, 2.24) is 4.90 Å². The van der Waals surface area contributed by atoms with Crippen molar-refractivity contribution >= 4 is 0 Å². The van der Waals surface area contributed by atoms with E-state index in [0.29, 0.717) is 12.2 Å². The summed E-state index contributed by atoms with van der Waals surface area (Å²) in [5.74, 6) is 1.67. The molecule has 3 aliphatic rings. The van der Waals surface area contributed by atoms with E-state index in [2.05, 4.69) is 11.8 Å². The third-order valence-corrected chi connectivity index (χ3v) is 5.61. The summed E-state index contributed by atoms with van der Waals surface area (Å²) in [6, 6.07) is 0.738. The van der Waals surface area contributed by atoms with Gasteiger partial charge in [0.25, 0.3) is 0 Å². The molecule has 3 heteroatoms. The van der Waals surface area contributed by atoms with Crippen LogP contribution in [0.5, 0.6) is 0 Å². The van der Waals surface area contributed by atoms with Gasteiger partial charge < -0.3 is 10.5 Å². The Labute approximate surface area is 117 Å². The molecule has 2 bridgehead atoms. The van der Waals surface area contributed by atoms with Crippen LogP contribution >= 0.6 is 0 Å². The van der Waals surface area contributed by atoms with Crippen LogP contribution in [0.4, 0.5) is 0 Å². The zero-order valence-corrected chi connectivity index (χ0v) is 12.4. The number of morpholine rings is 1. The molecule has 0 aromatic rings. The summed E-state index contributed by atoms with van der Waals surface area (Å²) >= 11 is 0. The van der Waals surface area contributed by atoms with Gasteiger partial charge in [0.15, 0.2) is 0 Å². The van der Waals surface area contributed by atoms with Crippen LogP contribution in [0.3, 0.4) is 0 Å². The van der Waals surface area contributed by atoms with Gasteiger partial charge in [-0.1, -0.05) is 26.2 Å². The molecular weight excluding hydrogens is 236 g/mol. The van der Waals surface area contributed by atoms with E-state index in [1.54, 1.807) is 0 Å². The molecule has 3 nitrogen and oxygen atoms in total. The lowest BCUT2D eigenvalue weighted by Gasteiger charge is -2.45. The quantitative estimate of drug-likeness (QED) is 0.849. The summed E-state index contributed by atoms with van der Waals surface area (Å²) in [5, 5.41) is 0. The van der Waals surface area contributed by atoms with Crippen molar-refractivity contribution in [3.8, 4) is 0 Å². The first-order valence-electron chi connectivity index (χ1n) is 8.39. The highest BCUT2D eigenvalue weighted by molar-refractivity contribution is 4.93. The molecule has 110 valence electrons. The Bertz CT molecular complexity index is 284. The van der Waals surface area contributed by atoms with Crippen molar-refractivity contribution in [3.63, 3.8) is 0 Å². The number of hydrogen-bond acceptors (Lipinski definition) is 3. The lowest BCUT2D eigenvalue weighted by molar-refractivity contribution is -0.0699. The van der Waals surface area contributed by atoms with Gasteiger partial charge in [-0.2, -0.15) is 0 Å². The highest BCUT2D eigenvalue weighted by atomic mass is 16.5. The Morgan fingerprint density at radius 3 is 2.47 bits per heavy atom. The van der Waals surface area contributed by atoms with Crippen LogP contribution in [-0.4, -0.2) is 42.8 Å². The number of likely N-dealkylation sites (tertiary alicyclic amines) is 1. The average molecular weight is 266 g/mol. The number of nitrogens with two attached hydrogens (primary N) is 1. The van der Waals surface area contributed by atoms with Crippen molar-refractivity contribution in [3.05, 3.63) is 0 Å². The zero-order valence-electron chi connectivity index (χ0n) is 12.4. The summed E-state index contributed by atoms with van der Waals surface area (Å²) in [5.41, 5.74) is 6.05. The highest BCUT2D eigenvalue weighted by Gasteiger charge is 2.40. The average Bonchev–Trinajstić information content (AvgIpc) is 2.78. The fourth-order valence-electron chi connectivity index (χ4n) is 4.60. The summed E-state index contributed by atoms with van der Waals surface area (Å²) in [6.07, 6.45) is 10.5. The second kappa shape index (κ2) is 6.11. The molecule has 2 N–H and O–H groups in total. The topological polar surface area (TPSA) is 38.5 Å². The van der Waals surface area contributed by atoms with Gasteiger partial charge in [0, 0.05) is 19.1 Å². The minimum absolute atomic E-state index is 0.517. The molecule has 0 aromatic carbocycles. The number of rotatable bonds is 4. The molecular formula is C16H30N2O. The maximum Gasteiger partial charge on any atom is 0.0707 e. The lowest BCUT2D eigenvalue weighted by atomic mass is 9.75. The fraction of sp³-hybridized carbons (Fsp3) is 1.00. The second-order valence-corrected chi connectivity index (χ2v) is 6.94. The van der Waals surface area contributed by atoms with Crippen LogP contribution < -0.4 is 5.73 Å². The first-order valence-corrected chi connectivity index (χ1v) is 8.39. The second-order valence-electron chi connectivity index (χ2n) is 6.94. The van der Waals surface area contributed by atoms with Crippen LogP contribution in [0.2, 0.25) is 0 Å². The molecule has 1 aliphatic carbocycles. The smallest absolute Gasteiger partial charge is 0.0707 e. The van der Waals surface area contributed by atoms with E-state index in [-0.39, 0.29) is 0 Å². The van der Waals surface area contributed by atoms with Gasteiger partial charge in [-0.25, -0.2) is 0 Å². The van der Waals surface area contributed by atoms with Gasteiger partial charge in [-0.15, -0.1) is 0 Å². The molecule has 0 radical (unpaired) electrons. The largest absolute Gasteiger partial charge is 0.372 e. The van der Waals surface area contributed by atoms with Gasteiger partial charge in [-0.05, 0) is 44.1 Å². The van der Waals surface area contributed by atoms with E-state index in [4.69, 9.17) is 10.5 Å². The molecule has 2 aliphatic heterocycles. The number of hydrogen-bond donors (Lipinski definition) is 1. The Kier molecular flexibility index (Phi) is 4.45. The third kappa shape index (κ3) is 2.98. The monoisotopic (exact) mass is 266 g/mol. The zero-order chi connectivity index (χ0) is 13.2. The molecule has 0 spiro atoms. The van der Waals surface area contributed by atoms with Crippen molar-refractivity contribution in [2.24, 2.45) is 17.6 Å². The van der Waals surface area contributed by atoms with Crippen LogP contribution in [0, 0.1) is 11.8 Å². The lowest BCUT2D eigenvalue weighted by Crippen LogP contribution is -2.53. The van der Waals surface area contributed by atoms with Gasteiger partial charge in [0.05, 0.1) is 12.2 Å². The minimum atomic E-state index is 0.517. The maximum absolute atomic E-state index is 6.05. The molecule has 19 heavy (non-hydrogen) atoms. The van der Waals surface area contributed by atoms with E-state index >= 15 is 0 Å². The normalized spacial score (nSPS) is 43.6. The summed E-state index contributed by atoms with van der Waals surface area (Å²) in [6.45, 7) is 5.52. The fourth-order valence-corrected chi connectivity index (χ4v) is 4.60. The molecule has 5 unspecified atom stereocenters. The Balaban J connectivity index is 1.65. The molecule has 3 fully saturated rings. The van der Waals surface area contributed by atoms with E-state index in [9.17, 15) is 0 Å². The number of nitrogens with zero attached hydrogens (tertiary/aromatic N) is 1. The Hall–Kier alpha value is -0.120. The highest BCUT2D eigenvalue weighted by Crippen LogP contribution is 2.37. The molecule has 5 atom stereocenters. The van der Waals surface area contributed by atoms with Gasteiger partial charge in [0.2, 0.25) is 0 Å². The van der Waals surface area contributed by atoms with Crippen molar-refractivity contribution < 1.29 is 4.74 Å². The van der Waals surface area contributed by atoms with Crippen LogP contribution in [0.15, 0.2) is 0 Å². The van der Waals surface area contributed by atoms with Crippen molar-refractivity contribution in [2.45, 2.75) is 70.1 Å². The van der Waals surface area contributed by atoms with E-state index in [0.717, 1.165) is 37.5 Å². The Morgan fingerprint density at radius 1 is 1.11 bits per heavy atom. The van der Waals surface area contributed by atoms with Crippen LogP contribution in [-0.2, 0) is 4.74 Å². The molecule has 1 saturated carbocycles. The molecule has 0 aromatic heterocycles. The predicted octanol–water partition coefficient (Wildman–Crippen LogP) is 2.39. The third-order valence-electron chi connectivity index (χ3n) is 5.61. The summed E-state index contributed by atoms with van der Waals surface area (Å²) < 4.78 is 5.99. The predicted molar refractivity (Wildman–Crippen MR) is 78.0 cm³/mol. The van der Waals surface area contributed by atoms with Gasteiger partial charge in [-0.3, -0.25) is 4.90 Å². The number of fused-ring (bicyclic) bond motifs is 2. The first-order chi connectivity index (χ1) is 9.30. The van der Waals surface area contributed by atoms with Crippen LogP contribution in [0.1, 0.15) is 51.9 Å². The van der Waals surface area contributed by atoms with Gasteiger partial charge >= 0.3 is 0 Å². The first kappa shape index (κ1) is 13.8. The van der Waals surface area contributed by atoms with Gasteiger partial charge in [0.1, 0.15) is 0 Å². The molecule has 3 rings (SSSR count). The maximum atomic E-state index is 6.05. The summed E-state index contributed by atoms with van der Waals surface area (Å²) in [7, 11) is 0. The molecule has 0 amide bonds.